The summed E-state index contributed by atoms with van der Waals surface area (Å²) in [6.07, 6.45) is 1.45. The van der Waals surface area contributed by atoms with Crippen LogP contribution in [0.4, 0.5) is 5.69 Å². The smallest absolute Gasteiger partial charge is 0.308 e. The standard InChI is InChI=1S/C21H25N3O5S2/c1-3-12-24-18-10-9-15(14-19(18)30-21(24)26)31(27,28)23-17-8-5-4-7-16(17)20(25)22-11-6-13-29-2/h4-5,7-10,14,23H,3,6,11-13H2,1-2H3,(H,22,25). The lowest BCUT2D eigenvalue weighted by Gasteiger charge is -2.13. The Kier molecular flexibility index (Phi) is 7.47. The predicted octanol–water partition coefficient (Wildman–Crippen LogP) is 3.04. The maximum atomic E-state index is 13.0. The minimum atomic E-state index is -3.96. The van der Waals surface area contributed by atoms with Crippen molar-refractivity contribution < 1.29 is 17.9 Å². The average molecular weight is 464 g/mol. The SMILES string of the molecule is CCCn1c(=O)sc2cc(S(=O)(=O)Nc3ccccc3C(=O)NCCCOC)ccc21. The summed E-state index contributed by atoms with van der Waals surface area (Å²) in [6, 6.07) is 11.0. The highest BCUT2D eigenvalue weighted by Gasteiger charge is 2.20. The summed E-state index contributed by atoms with van der Waals surface area (Å²) >= 11 is 1.02. The third-order valence-electron chi connectivity index (χ3n) is 4.62. The lowest BCUT2D eigenvalue weighted by molar-refractivity contribution is 0.0949. The molecule has 0 aliphatic heterocycles. The normalized spacial score (nSPS) is 11.5. The summed E-state index contributed by atoms with van der Waals surface area (Å²) in [5.74, 6) is -0.375. The number of methoxy groups -OCH3 is 1. The van der Waals surface area contributed by atoms with E-state index in [0.29, 0.717) is 36.3 Å². The number of ether oxygens (including phenoxy) is 1. The van der Waals surface area contributed by atoms with E-state index in [4.69, 9.17) is 4.74 Å². The number of anilines is 1. The van der Waals surface area contributed by atoms with Crippen LogP contribution in [-0.2, 0) is 21.3 Å². The molecule has 8 nitrogen and oxygen atoms in total. The molecule has 166 valence electrons. The number of amides is 1. The van der Waals surface area contributed by atoms with Crippen molar-refractivity contribution in [3.05, 3.63) is 57.7 Å². The van der Waals surface area contributed by atoms with Gasteiger partial charge in [-0.3, -0.25) is 18.9 Å². The van der Waals surface area contributed by atoms with E-state index in [-0.39, 0.29) is 26.9 Å². The molecule has 1 amide bonds. The molecule has 0 aliphatic carbocycles. The van der Waals surface area contributed by atoms with Crippen LogP contribution >= 0.6 is 11.3 Å². The number of rotatable bonds is 10. The highest BCUT2D eigenvalue weighted by molar-refractivity contribution is 7.92. The van der Waals surface area contributed by atoms with Gasteiger partial charge in [0.15, 0.2) is 0 Å². The Hall–Kier alpha value is -2.69. The molecule has 3 aromatic rings. The summed E-state index contributed by atoms with van der Waals surface area (Å²) < 4.78 is 35.7. The van der Waals surface area contributed by atoms with Crippen LogP contribution in [0.25, 0.3) is 10.2 Å². The van der Waals surface area contributed by atoms with Gasteiger partial charge in [0.1, 0.15) is 0 Å². The van der Waals surface area contributed by atoms with Gasteiger partial charge in [0.25, 0.3) is 15.9 Å². The molecule has 31 heavy (non-hydrogen) atoms. The van der Waals surface area contributed by atoms with Crippen LogP contribution in [0.2, 0.25) is 0 Å². The van der Waals surface area contributed by atoms with Crippen molar-refractivity contribution >= 4 is 43.2 Å². The van der Waals surface area contributed by atoms with Crippen molar-refractivity contribution in [2.45, 2.75) is 31.2 Å². The van der Waals surface area contributed by atoms with E-state index in [1.165, 1.54) is 18.2 Å². The second-order valence-corrected chi connectivity index (χ2v) is 9.58. The number of nitrogens with zero attached hydrogens (tertiary/aromatic N) is 1. The first-order valence-corrected chi connectivity index (χ1v) is 12.2. The molecule has 0 unspecified atom stereocenters. The Morgan fingerprint density at radius 1 is 1.19 bits per heavy atom. The maximum absolute atomic E-state index is 13.0. The number of nitrogens with one attached hydrogen (secondary N) is 2. The third-order valence-corrected chi connectivity index (χ3v) is 6.93. The van der Waals surface area contributed by atoms with Crippen LogP contribution < -0.4 is 14.9 Å². The first kappa shape index (κ1) is 23.0. The van der Waals surface area contributed by atoms with E-state index in [0.717, 1.165) is 17.8 Å². The first-order chi connectivity index (χ1) is 14.9. The lowest BCUT2D eigenvalue weighted by Crippen LogP contribution is -2.26. The van der Waals surface area contributed by atoms with Crippen molar-refractivity contribution in [3.63, 3.8) is 0 Å². The minimum absolute atomic E-state index is 0.0280. The van der Waals surface area contributed by atoms with Crippen molar-refractivity contribution in [1.29, 1.82) is 0 Å². The van der Waals surface area contributed by atoms with Crippen LogP contribution in [0.5, 0.6) is 0 Å². The molecule has 0 saturated carbocycles. The lowest BCUT2D eigenvalue weighted by atomic mass is 10.1. The van der Waals surface area contributed by atoms with Crippen LogP contribution in [0.3, 0.4) is 0 Å². The maximum Gasteiger partial charge on any atom is 0.308 e. The number of thiazole rings is 1. The molecular weight excluding hydrogens is 438 g/mol. The van der Waals surface area contributed by atoms with E-state index in [2.05, 4.69) is 10.0 Å². The van der Waals surface area contributed by atoms with Gasteiger partial charge in [-0.15, -0.1) is 0 Å². The Morgan fingerprint density at radius 3 is 2.71 bits per heavy atom. The molecule has 0 saturated heterocycles. The van der Waals surface area contributed by atoms with Crippen molar-refractivity contribution in [2.75, 3.05) is 25.0 Å². The quantitative estimate of drug-likeness (QED) is 0.450. The Balaban J connectivity index is 1.86. The fraction of sp³-hybridized carbons (Fsp3) is 0.333. The van der Waals surface area contributed by atoms with Gasteiger partial charge in [-0.05, 0) is 43.2 Å². The molecule has 1 heterocycles. The summed E-state index contributed by atoms with van der Waals surface area (Å²) in [7, 11) is -2.38. The van der Waals surface area contributed by atoms with Gasteiger partial charge in [0.05, 0.1) is 26.4 Å². The number of fused-ring (bicyclic) bond motifs is 1. The highest BCUT2D eigenvalue weighted by Crippen LogP contribution is 2.25. The molecule has 0 aliphatic rings. The predicted molar refractivity (Wildman–Crippen MR) is 122 cm³/mol. The topological polar surface area (TPSA) is 107 Å². The van der Waals surface area contributed by atoms with Crippen LogP contribution in [0.15, 0.2) is 52.2 Å². The Morgan fingerprint density at radius 2 is 1.97 bits per heavy atom. The average Bonchev–Trinajstić information content (AvgIpc) is 3.06. The third kappa shape index (κ3) is 5.33. The van der Waals surface area contributed by atoms with Gasteiger partial charge < -0.3 is 10.1 Å². The molecule has 0 spiro atoms. The van der Waals surface area contributed by atoms with E-state index in [1.54, 1.807) is 35.9 Å². The number of hydrogen-bond acceptors (Lipinski definition) is 6. The monoisotopic (exact) mass is 463 g/mol. The number of carbonyl (C=O) groups is 1. The van der Waals surface area contributed by atoms with Gasteiger partial charge >= 0.3 is 4.87 Å². The summed E-state index contributed by atoms with van der Waals surface area (Å²) in [4.78, 5) is 24.6. The number of sulfonamides is 1. The second kappa shape index (κ2) is 10.1. The fourth-order valence-corrected chi connectivity index (χ4v) is 5.27. The Labute approximate surface area is 184 Å². The molecular formula is C21H25N3O5S2. The first-order valence-electron chi connectivity index (χ1n) is 9.89. The zero-order valence-corrected chi connectivity index (χ0v) is 19.0. The molecule has 2 N–H and O–H groups in total. The molecule has 3 rings (SSSR count). The van der Waals surface area contributed by atoms with Crippen LogP contribution in [0, 0.1) is 0 Å². The molecule has 0 fully saturated rings. The molecule has 0 atom stereocenters. The van der Waals surface area contributed by atoms with Crippen LogP contribution in [0.1, 0.15) is 30.1 Å². The number of aromatic nitrogens is 1. The molecule has 10 heteroatoms. The number of hydrogen-bond donors (Lipinski definition) is 2. The van der Waals surface area contributed by atoms with Crippen molar-refractivity contribution in [3.8, 4) is 0 Å². The number of aryl methyl sites for hydroxylation is 1. The largest absolute Gasteiger partial charge is 0.385 e. The zero-order chi connectivity index (χ0) is 22.4. The van der Waals surface area contributed by atoms with E-state index < -0.39 is 10.0 Å². The molecule has 2 aromatic carbocycles. The Bertz CT molecular complexity index is 1230. The summed E-state index contributed by atoms with van der Waals surface area (Å²) in [6.45, 7) is 3.49. The number of para-hydroxylation sites is 1. The highest BCUT2D eigenvalue weighted by atomic mass is 32.2. The van der Waals surface area contributed by atoms with E-state index in [1.807, 2.05) is 6.92 Å². The molecule has 0 radical (unpaired) electrons. The second-order valence-electron chi connectivity index (χ2n) is 6.90. The molecule has 0 bridgehead atoms. The van der Waals surface area contributed by atoms with Gasteiger partial charge in [-0.1, -0.05) is 30.4 Å². The van der Waals surface area contributed by atoms with Crippen molar-refractivity contribution in [2.24, 2.45) is 0 Å². The van der Waals surface area contributed by atoms with Gasteiger partial charge in [-0.25, -0.2) is 8.42 Å². The van der Waals surface area contributed by atoms with E-state index in [9.17, 15) is 18.0 Å². The zero-order valence-electron chi connectivity index (χ0n) is 17.4. The van der Waals surface area contributed by atoms with E-state index >= 15 is 0 Å². The van der Waals surface area contributed by atoms with Gasteiger partial charge in [-0.2, -0.15) is 0 Å². The van der Waals surface area contributed by atoms with Gasteiger partial charge in [0.2, 0.25) is 0 Å². The molecule has 1 aromatic heterocycles. The fourth-order valence-electron chi connectivity index (χ4n) is 3.14. The minimum Gasteiger partial charge on any atom is -0.385 e. The number of benzene rings is 2. The van der Waals surface area contributed by atoms with Gasteiger partial charge in [0, 0.05) is 26.8 Å². The summed E-state index contributed by atoms with van der Waals surface area (Å²) in [5.41, 5.74) is 1.12. The van der Waals surface area contributed by atoms with Crippen molar-refractivity contribution in [1.82, 2.24) is 9.88 Å². The van der Waals surface area contributed by atoms with Crippen LogP contribution in [-0.4, -0.2) is 39.2 Å². The number of carbonyl (C=O) groups excluding carboxylic acids is 1. The summed E-state index contributed by atoms with van der Waals surface area (Å²) in [5, 5.41) is 2.76.